The first-order valence-corrected chi connectivity index (χ1v) is 33.9. The summed E-state index contributed by atoms with van der Waals surface area (Å²) in [4.78, 5) is 5.20. The van der Waals surface area contributed by atoms with E-state index in [1.54, 1.807) is 11.1 Å². The molecular formula is C86H70N4. The van der Waals surface area contributed by atoms with Gasteiger partial charge < -0.3 is 18.6 Å². The van der Waals surface area contributed by atoms with Crippen LogP contribution in [-0.4, -0.2) is 8.80 Å². The summed E-state index contributed by atoms with van der Waals surface area (Å²) in [5.41, 5.74) is 23.5. The van der Waals surface area contributed by atoms with E-state index in [1.165, 1.54) is 198 Å². The Kier molecular flexibility index (Phi) is 10.4. The second-order valence-electron chi connectivity index (χ2n) is 29.2. The average Bonchev–Trinajstić information content (AvgIpc) is 1.55. The number of fused-ring (bicyclic) bond motifs is 12. The summed E-state index contributed by atoms with van der Waals surface area (Å²) in [7, 11) is 0. The Hall–Kier alpha value is -9.38. The number of aromatic nitrogens is 2. The van der Waals surface area contributed by atoms with Crippen molar-refractivity contribution in [2.45, 2.75) is 87.9 Å². The summed E-state index contributed by atoms with van der Waals surface area (Å²) in [6.45, 7) is 0. The second-order valence-corrected chi connectivity index (χ2v) is 29.2. The van der Waals surface area contributed by atoms with Gasteiger partial charge in [-0.05, 0) is 231 Å². The van der Waals surface area contributed by atoms with Gasteiger partial charge in [0.15, 0.2) is 0 Å². The van der Waals surface area contributed by atoms with Crippen LogP contribution in [0.3, 0.4) is 0 Å². The molecule has 0 unspecified atom stereocenters. The van der Waals surface area contributed by atoms with E-state index in [2.05, 4.69) is 261 Å². The van der Waals surface area contributed by atoms with Crippen LogP contribution in [-0.2, 0) is 10.8 Å². The summed E-state index contributed by atoms with van der Waals surface area (Å²) in [6, 6.07) is 93.7. The number of rotatable bonds is 10. The van der Waals surface area contributed by atoms with Crippen molar-refractivity contribution in [2.75, 3.05) is 9.80 Å². The van der Waals surface area contributed by atoms with Gasteiger partial charge in [-0.15, -0.1) is 0 Å². The molecule has 8 bridgehead atoms. The minimum Gasteiger partial charge on any atom is -0.309 e. The highest BCUT2D eigenvalue weighted by atomic mass is 15.2. The summed E-state index contributed by atoms with van der Waals surface area (Å²) >= 11 is 0. The second kappa shape index (κ2) is 18.6. The molecule has 8 fully saturated rings. The van der Waals surface area contributed by atoms with Crippen molar-refractivity contribution in [2.24, 2.45) is 35.5 Å². The van der Waals surface area contributed by atoms with Crippen molar-refractivity contribution >= 4 is 110 Å². The summed E-state index contributed by atoms with van der Waals surface area (Å²) in [5.74, 6) is 5.26. The van der Waals surface area contributed by atoms with Gasteiger partial charge in [-0.3, -0.25) is 0 Å². The highest BCUT2D eigenvalue weighted by molar-refractivity contribution is 6.32. The fourth-order valence-corrected chi connectivity index (χ4v) is 21.6. The monoisotopic (exact) mass is 1160 g/mol. The van der Waals surface area contributed by atoms with Crippen molar-refractivity contribution in [3.8, 4) is 22.3 Å². The largest absolute Gasteiger partial charge is 0.309 e. The first-order chi connectivity index (χ1) is 44.5. The molecular weight excluding hydrogens is 1090 g/mol. The quantitative estimate of drug-likeness (QED) is 0.136. The third kappa shape index (κ3) is 7.08. The summed E-state index contributed by atoms with van der Waals surface area (Å²) < 4.78 is 5.23. The zero-order valence-electron chi connectivity index (χ0n) is 50.8. The highest BCUT2D eigenvalue weighted by Gasteiger charge is 2.53. The lowest BCUT2D eigenvalue weighted by Gasteiger charge is -2.57. The Morgan fingerprint density at radius 2 is 0.611 bits per heavy atom. The highest BCUT2D eigenvalue weighted by Crippen LogP contribution is 2.64. The van der Waals surface area contributed by atoms with Gasteiger partial charge in [-0.1, -0.05) is 158 Å². The maximum Gasteiger partial charge on any atom is 0.0641 e. The molecule has 434 valence electrons. The van der Waals surface area contributed by atoms with E-state index in [0.29, 0.717) is 0 Å². The maximum absolute atomic E-state index is 2.64. The first kappa shape index (κ1) is 50.5. The molecule has 90 heavy (non-hydrogen) atoms. The molecule has 4 nitrogen and oxygen atoms in total. The van der Waals surface area contributed by atoms with E-state index in [-0.39, 0.29) is 10.8 Å². The van der Waals surface area contributed by atoms with Gasteiger partial charge in [0.2, 0.25) is 0 Å². The number of hydrogen-bond donors (Lipinski definition) is 0. The Labute approximate surface area is 525 Å². The molecule has 11 aromatic carbocycles. The maximum atomic E-state index is 2.64. The van der Waals surface area contributed by atoms with Crippen LogP contribution in [0, 0.1) is 35.5 Å². The van der Waals surface area contributed by atoms with Gasteiger partial charge in [0, 0.05) is 65.6 Å². The van der Waals surface area contributed by atoms with E-state index >= 15 is 0 Å². The van der Waals surface area contributed by atoms with Gasteiger partial charge in [0.05, 0.1) is 55.8 Å². The van der Waals surface area contributed by atoms with Crippen LogP contribution in [0.25, 0.3) is 98.4 Å². The van der Waals surface area contributed by atoms with E-state index in [9.17, 15) is 0 Å². The molecule has 0 saturated heterocycles. The predicted molar refractivity (Wildman–Crippen MR) is 376 cm³/mol. The smallest absolute Gasteiger partial charge is 0.0641 e. The SMILES string of the molecule is c1ccc(-c2cc(C34CC5CC(CC(C5)C3)C4)ccc2N(c2ccccc2)c2ccc3c4cc5c(cc4n4c6ccccc6c2c34)c2ccc(N(c3ccccc3)c3ccc(C46CC7CC(CC(C7)C4)C6)cc3-c3ccccc3)c3c4ccccc4n5c23)cc1. The third-order valence-corrected chi connectivity index (χ3v) is 24.2. The van der Waals surface area contributed by atoms with Crippen LogP contribution >= 0.6 is 0 Å². The molecule has 23 rings (SSSR count). The molecule has 0 N–H and O–H groups in total. The van der Waals surface area contributed by atoms with Crippen LogP contribution in [0.1, 0.15) is 88.2 Å². The molecule has 0 atom stereocenters. The molecule has 0 radical (unpaired) electrons. The van der Waals surface area contributed by atoms with Crippen molar-refractivity contribution < 1.29 is 0 Å². The van der Waals surface area contributed by atoms with E-state index in [4.69, 9.17) is 0 Å². The van der Waals surface area contributed by atoms with Crippen molar-refractivity contribution in [3.63, 3.8) is 0 Å². The fraction of sp³-hybridized carbons (Fsp3) is 0.233. The molecule has 8 saturated carbocycles. The zero-order chi connectivity index (χ0) is 58.6. The molecule has 0 spiro atoms. The lowest BCUT2D eigenvalue weighted by molar-refractivity contribution is -0.00528. The average molecular weight is 1160 g/mol. The third-order valence-electron chi connectivity index (χ3n) is 24.2. The summed E-state index contributed by atoms with van der Waals surface area (Å²) in [6.07, 6.45) is 16.7. The molecule has 8 aliphatic carbocycles. The zero-order valence-corrected chi connectivity index (χ0v) is 50.8. The standard InChI is InChI=1S/C86H70N4/c1-5-17-59(18-6-1)69-43-61(85-47-53-37-54(48-85)39-55(38-53)49-85)29-33-75(69)87(63-21-9-3-10-22-63)77-35-31-65-71-45-80-72(46-79(71)89-73-27-15-13-25-67(73)81(77)83(65)89)66-32-36-78(82-68-26-14-16-28-74(68)90(80)84(66)82)88(64-23-11-4-12-24-64)76-34-30-62(44-70(76)60-19-7-2-8-20-60)86-50-56-40-57(51-86)42-58(41-56)52-86/h1-36,43-46,53-58H,37-42,47-52H2. The van der Waals surface area contributed by atoms with Gasteiger partial charge >= 0.3 is 0 Å². The Morgan fingerprint density at radius 3 is 0.989 bits per heavy atom. The first-order valence-electron chi connectivity index (χ1n) is 33.9. The van der Waals surface area contributed by atoms with Crippen molar-refractivity contribution in [1.29, 1.82) is 0 Å². The van der Waals surface area contributed by atoms with Crippen LogP contribution in [0.2, 0.25) is 0 Å². The lowest BCUT2D eigenvalue weighted by atomic mass is 9.48. The number of para-hydroxylation sites is 4. The van der Waals surface area contributed by atoms with Crippen LogP contribution in [0.4, 0.5) is 34.1 Å². The molecule has 0 aliphatic heterocycles. The van der Waals surface area contributed by atoms with Crippen molar-refractivity contribution in [1.82, 2.24) is 8.80 Å². The van der Waals surface area contributed by atoms with Gasteiger partial charge in [0.25, 0.3) is 0 Å². The topological polar surface area (TPSA) is 15.3 Å². The van der Waals surface area contributed by atoms with Crippen molar-refractivity contribution in [3.05, 3.63) is 254 Å². The molecule has 4 aromatic heterocycles. The molecule has 8 aliphatic rings. The summed E-state index contributed by atoms with van der Waals surface area (Å²) in [5, 5.41) is 10.2. The van der Waals surface area contributed by atoms with Gasteiger partial charge in [-0.2, -0.15) is 0 Å². The van der Waals surface area contributed by atoms with E-state index in [0.717, 1.165) is 46.9 Å². The predicted octanol–water partition coefficient (Wildman–Crippen LogP) is 23.2. The van der Waals surface area contributed by atoms with E-state index < -0.39 is 0 Å². The number of benzene rings is 11. The Balaban J connectivity index is 0.777. The number of anilines is 6. The number of nitrogens with zero attached hydrogens (tertiary/aromatic N) is 4. The molecule has 4 heterocycles. The Morgan fingerprint density at radius 1 is 0.278 bits per heavy atom. The number of hydrogen-bond acceptors (Lipinski definition) is 2. The van der Waals surface area contributed by atoms with Crippen LogP contribution in [0.15, 0.2) is 243 Å². The van der Waals surface area contributed by atoms with Crippen LogP contribution in [0.5, 0.6) is 0 Å². The van der Waals surface area contributed by atoms with Crippen LogP contribution < -0.4 is 9.80 Å². The normalized spacial score (nSPS) is 24.2. The fourth-order valence-electron chi connectivity index (χ4n) is 21.6. The molecule has 15 aromatic rings. The van der Waals surface area contributed by atoms with Gasteiger partial charge in [0.1, 0.15) is 0 Å². The molecule has 4 heteroatoms. The van der Waals surface area contributed by atoms with E-state index in [1.807, 2.05) is 0 Å². The minimum absolute atomic E-state index is 0.276. The lowest BCUT2D eigenvalue weighted by Crippen LogP contribution is -2.48. The minimum atomic E-state index is 0.276. The Bertz CT molecular complexity index is 4980. The van der Waals surface area contributed by atoms with Gasteiger partial charge in [-0.25, -0.2) is 0 Å². The molecule has 0 amide bonds.